The zero-order valence-electron chi connectivity index (χ0n) is 13.1. The molecule has 1 aliphatic heterocycles. The molecular weight excluding hydrogens is 266 g/mol. The first-order valence-corrected chi connectivity index (χ1v) is 7.58. The highest BCUT2D eigenvalue weighted by Gasteiger charge is 2.59. The third-order valence-corrected chi connectivity index (χ3v) is 5.94. The summed E-state index contributed by atoms with van der Waals surface area (Å²) in [6.45, 7) is 6.09. The highest BCUT2D eigenvalue weighted by atomic mass is 16.3. The van der Waals surface area contributed by atoms with Crippen LogP contribution in [0.15, 0.2) is 11.3 Å². The van der Waals surface area contributed by atoms with Gasteiger partial charge in [-0.05, 0) is 30.8 Å². The van der Waals surface area contributed by atoms with Gasteiger partial charge in [0.05, 0.1) is 6.07 Å². The fraction of sp³-hybridized carbons (Fsp3) is 0.750. The Morgan fingerprint density at radius 2 is 2.10 bits per heavy atom. The van der Waals surface area contributed by atoms with Crippen molar-refractivity contribution in [3.8, 4) is 6.07 Å². The van der Waals surface area contributed by atoms with Crippen LogP contribution >= 0.6 is 0 Å². The Morgan fingerprint density at radius 1 is 1.43 bits per heavy atom. The molecule has 0 aromatic carbocycles. The van der Waals surface area contributed by atoms with Crippen molar-refractivity contribution in [1.82, 2.24) is 10.4 Å². The molecule has 3 aliphatic rings. The Kier molecular flexibility index (Phi) is 2.99. The van der Waals surface area contributed by atoms with Crippen LogP contribution in [-0.4, -0.2) is 29.2 Å². The minimum atomic E-state index is -0.598. The van der Waals surface area contributed by atoms with Crippen LogP contribution in [0.3, 0.4) is 0 Å². The lowest BCUT2D eigenvalue weighted by atomic mass is 9.49. The second-order valence-corrected chi connectivity index (χ2v) is 7.48. The van der Waals surface area contributed by atoms with Gasteiger partial charge in [-0.25, -0.2) is 0 Å². The van der Waals surface area contributed by atoms with Crippen molar-refractivity contribution in [3.63, 3.8) is 0 Å². The van der Waals surface area contributed by atoms with E-state index in [1.54, 1.807) is 5.01 Å². The van der Waals surface area contributed by atoms with E-state index in [1.165, 1.54) is 0 Å². The third-order valence-electron chi connectivity index (χ3n) is 5.94. The van der Waals surface area contributed by atoms with Gasteiger partial charge in [0, 0.05) is 23.6 Å². The van der Waals surface area contributed by atoms with Crippen molar-refractivity contribution >= 4 is 5.78 Å². The predicted octanol–water partition coefficient (Wildman–Crippen LogP) is 1.56. The molecule has 1 saturated carbocycles. The second kappa shape index (κ2) is 4.31. The normalized spacial score (nSPS) is 42.1. The molecule has 21 heavy (non-hydrogen) atoms. The number of nitrogens with one attached hydrogen (secondary N) is 1. The van der Waals surface area contributed by atoms with Gasteiger partial charge in [-0.2, -0.15) is 10.3 Å². The number of carbonyl (C=O) groups is 1. The Bertz CT molecular complexity index is 575. The number of aliphatic hydroxyl groups excluding tert-OH is 1. The molecule has 5 heteroatoms. The maximum Gasteiger partial charge on any atom is 0.155 e. The average Bonchev–Trinajstić information content (AvgIpc) is 2.72. The molecule has 114 valence electrons. The van der Waals surface area contributed by atoms with Crippen LogP contribution in [0.2, 0.25) is 0 Å². The van der Waals surface area contributed by atoms with Gasteiger partial charge >= 0.3 is 0 Å². The van der Waals surface area contributed by atoms with Gasteiger partial charge in [-0.1, -0.05) is 20.8 Å². The van der Waals surface area contributed by atoms with Gasteiger partial charge in [0.15, 0.2) is 5.78 Å². The molecule has 0 bridgehead atoms. The van der Waals surface area contributed by atoms with Crippen LogP contribution in [0.25, 0.3) is 0 Å². The number of hydrogen-bond donors (Lipinski definition) is 2. The number of Topliss-reactive ketones (excluding diaryl/α,β-unsaturated/α-hetero) is 1. The van der Waals surface area contributed by atoms with Crippen molar-refractivity contribution in [1.29, 1.82) is 5.26 Å². The molecule has 0 aromatic rings. The molecule has 1 heterocycles. The van der Waals surface area contributed by atoms with Gasteiger partial charge in [0.2, 0.25) is 0 Å². The fourth-order valence-corrected chi connectivity index (χ4v) is 4.86. The van der Waals surface area contributed by atoms with Crippen molar-refractivity contribution in [2.75, 3.05) is 7.05 Å². The summed E-state index contributed by atoms with van der Waals surface area (Å²) >= 11 is 0. The van der Waals surface area contributed by atoms with E-state index in [2.05, 4.69) is 18.4 Å². The number of ketones is 1. The molecule has 0 aromatic heterocycles. The first-order chi connectivity index (χ1) is 9.73. The number of nitrogens with zero attached hydrogens (tertiary/aromatic N) is 2. The maximum absolute atomic E-state index is 12.6. The smallest absolute Gasteiger partial charge is 0.155 e. The monoisotopic (exact) mass is 289 g/mol. The summed E-state index contributed by atoms with van der Waals surface area (Å²) in [6, 6.07) is 2.19. The summed E-state index contributed by atoms with van der Waals surface area (Å²) in [6.07, 6.45) is 1.64. The first-order valence-electron chi connectivity index (χ1n) is 7.58. The Morgan fingerprint density at radius 3 is 2.71 bits per heavy atom. The molecule has 0 saturated heterocycles. The first kappa shape index (κ1) is 14.6. The summed E-state index contributed by atoms with van der Waals surface area (Å²) in [5, 5.41) is 21.4. The number of likely N-dealkylation sites (N-methyl/N-ethyl adjacent to an activating group) is 1. The minimum absolute atomic E-state index is 0.0726. The van der Waals surface area contributed by atoms with Crippen LogP contribution in [0.4, 0.5) is 0 Å². The fourth-order valence-electron chi connectivity index (χ4n) is 4.86. The number of aliphatic hydroxyl groups is 1. The summed E-state index contributed by atoms with van der Waals surface area (Å²) in [4.78, 5) is 12.6. The molecule has 2 unspecified atom stereocenters. The van der Waals surface area contributed by atoms with Crippen molar-refractivity contribution in [2.24, 2.45) is 22.7 Å². The summed E-state index contributed by atoms with van der Waals surface area (Å²) in [7, 11) is 1.82. The Hall–Kier alpha value is -1.38. The van der Waals surface area contributed by atoms with E-state index in [-0.39, 0.29) is 17.1 Å². The van der Waals surface area contributed by atoms with Gasteiger partial charge in [-0.3, -0.25) is 4.79 Å². The van der Waals surface area contributed by atoms with E-state index >= 15 is 0 Å². The van der Waals surface area contributed by atoms with Crippen LogP contribution < -0.4 is 5.43 Å². The van der Waals surface area contributed by atoms with E-state index in [4.69, 9.17) is 0 Å². The van der Waals surface area contributed by atoms with Gasteiger partial charge in [0.25, 0.3) is 0 Å². The lowest BCUT2D eigenvalue weighted by molar-refractivity contribution is -0.143. The van der Waals surface area contributed by atoms with Crippen LogP contribution in [0.5, 0.6) is 0 Å². The van der Waals surface area contributed by atoms with E-state index < -0.39 is 17.6 Å². The number of fused-ring (bicyclic) bond motifs is 2. The lowest BCUT2D eigenvalue weighted by Gasteiger charge is -2.54. The molecule has 0 spiro atoms. The zero-order valence-corrected chi connectivity index (χ0v) is 13.1. The Balaban J connectivity index is 2.10. The number of nitriles is 1. The van der Waals surface area contributed by atoms with Gasteiger partial charge in [-0.15, -0.1) is 0 Å². The van der Waals surface area contributed by atoms with Crippen molar-refractivity contribution in [2.45, 2.75) is 46.3 Å². The summed E-state index contributed by atoms with van der Waals surface area (Å²) < 4.78 is 0. The molecule has 0 amide bonds. The molecular formula is C16H23N3O2. The summed E-state index contributed by atoms with van der Waals surface area (Å²) in [5.41, 5.74) is 4.59. The highest BCUT2D eigenvalue weighted by molar-refractivity contribution is 5.90. The third kappa shape index (κ3) is 1.72. The maximum atomic E-state index is 12.6. The number of allylic oxidation sites excluding steroid dienone is 1. The standard InChI is InChI=1S/C16H23N3O2/c1-15(2)11-6-5-10-12(18-19(4)14(10)21)16(11,3)7-9(8-17)13(15)20/h9,11,14,18,21H,5-7H2,1-4H3/t9?,11-,14?,16-/m0/s1. The molecule has 2 N–H and O–H groups in total. The number of carbonyl (C=O) groups excluding carboxylic acids is 1. The minimum Gasteiger partial charge on any atom is -0.373 e. The molecule has 0 radical (unpaired) electrons. The van der Waals surface area contributed by atoms with Gasteiger partial charge in [0.1, 0.15) is 12.1 Å². The van der Waals surface area contributed by atoms with Crippen LogP contribution in [0, 0.1) is 34.0 Å². The topological polar surface area (TPSA) is 76.4 Å². The highest BCUT2D eigenvalue weighted by Crippen LogP contribution is 2.60. The zero-order chi connectivity index (χ0) is 15.6. The number of hydrazine groups is 1. The van der Waals surface area contributed by atoms with Crippen LogP contribution in [-0.2, 0) is 4.79 Å². The van der Waals surface area contributed by atoms with Crippen LogP contribution in [0.1, 0.15) is 40.0 Å². The van der Waals surface area contributed by atoms with E-state index in [1.807, 2.05) is 20.9 Å². The number of hydrogen-bond acceptors (Lipinski definition) is 5. The van der Waals surface area contributed by atoms with Crippen molar-refractivity contribution < 1.29 is 9.90 Å². The summed E-state index contributed by atoms with van der Waals surface area (Å²) in [5.74, 6) is -0.284. The largest absolute Gasteiger partial charge is 0.373 e. The van der Waals surface area contributed by atoms with Crippen molar-refractivity contribution in [3.05, 3.63) is 11.3 Å². The Labute approximate surface area is 125 Å². The molecule has 4 atom stereocenters. The average molecular weight is 289 g/mol. The SMILES string of the molecule is CN1NC2=C(CC[C@H]3C(C)(C)C(=O)C(C#N)C[C@]23C)C1O. The molecule has 5 nitrogen and oxygen atoms in total. The van der Waals surface area contributed by atoms with E-state index in [0.29, 0.717) is 6.42 Å². The molecule has 3 rings (SSSR count). The van der Waals surface area contributed by atoms with E-state index in [9.17, 15) is 15.2 Å². The lowest BCUT2D eigenvalue weighted by Crippen LogP contribution is -2.55. The second-order valence-electron chi connectivity index (χ2n) is 7.48. The number of rotatable bonds is 0. The quantitative estimate of drug-likeness (QED) is 0.708. The van der Waals surface area contributed by atoms with Gasteiger partial charge < -0.3 is 10.5 Å². The molecule has 2 aliphatic carbocycles. The predicted molar refractivity (Wildman–Crippen MR) is 77.3 cm³/mol. The van der Waals surface area contributed by atoms with E-state index in [0.717, 1.165) is 24.1 Å². The molecule has 1 fully saturated rings.